The highest BCUT2D eigenvalue weighted by molar-refractivity contribution is 6.13. The summed E-state index contributed by atoms with van der Waals surface area (Å²) in [5.41, 5.74) is 2.54. The summed E-state index contributed by atoms with van der Waals surface area (Å²) in [5.74, 6) is 0.0209. The van der Waals surface area contributed by atoms with E-state index in [2.05, 4.69) is 10.6 Å². The summed E-state index contributed by atoms with van der Waals surface area (Å²) in [6, 6.07) is 31.1. The first-order chi connectivity index (χ1) is 26.9. The molecule has 11 nitrogen and oxygen atoms in total. The molecule has 2 aliphatic heterocycles. The van der Waals surface area contributed by atoms with Crippen LogP contribution < -0.4 is 20.3 Å². The number of oxazole rings is 1. The Balaban J connectivity index is 1.47. The molecule has 0 saturated carbocycles. The van der Waals surface area contributed by atoms with Gasteiger partial charge >= 0.3 is 6.09 Å². The first-order valence-corrected chi connectivity index (χ1v) is 18.9. The molecule has 290 valence electrons. The predicted molar refractivity (Wildman–Crippen MR) is 211 cm³/mol. The minimum atomic E-state index is -1.59. The SMILES string of the molecule is COc1ccc2cc1[C@]1(C(=O)N(Cc3ccccc3)c3ccccc31)c1oc(nc1COCc1ccccc1)[C@H](C(C)C)NC(=O)[C@@H](NC(=O)OC(C)(C)C)C2. The molecule has 3 atom stereocenters. The molecule has 0 aliphatic carbocycles. The van der Waals surface area contributed by atoms with Crippen molar-refractivity contribution in [3.8, 4) is 5.75 Å². The number of nitrogens with zero attached hydrogens (tertiary/aromatic N) is 2. The van der Waals surface area contributed by atoms with Gasteiger partial charge in [-0.25, -0.2) is 9.78 Å². The van der Waals surface area contributed by atoms with Gasteiger partial charge < -0.3 is 34.2 Å². The second kappa shape index (κ2) is 15.7. The molecular weight excluding hydrogens is 709 g/mol. The van der Waals surface area contributed by atoms with E-state index >= 15 is 4.79 Å². The van der Waals surface area contributed by atoms with Crippen molar-refractivity contribution in [1.82, 2.24) is 15.6 Å². The lowest BCUT2D eigenvalue weighted by Crippen LogP contribution is -2.50. The van der Waals surface area contributed by atoms with E-state index < -0.39 is 35.1 Å². The normalized spacial score (nSPS) is 19.2. The third-order valence-corrected chi connectivity index (χ3v) is 10.1. The molecule has 56 heavy (non-hydrogen) atoms. The monoisotopic (exact) mass is 756 g/mol. The van der Waals surface area contributed by atoms with Crippen LogP contribution in [0.3, 0.4) is 0 Å². The number of aromatic nitrogens is 1. The van der Waals surface area contributed by atoms with E-state index in [9.17, 15) is 9.59 Å². The number of anilines is 1. The standard InChI is InChI=1S/C45H48N4O7/c1-28(2)38-41-46-35(27-54-26-30-17-11-8-12-18-30)39(55-41)45(32-19-13-14-20-36(32)49(42(45)51)25-29-15-9-7-10-16-29)33-23-31(21-22-37(33)53-6)24-34(40(50)48-38)47-43(52)56-44(3,4)5/h7-23,28,34,38H,24-27H2,1-6H3,(H,47,52)(H,48,50)/t34-,38-,45-/m0/s1. The number of para-hydroxylation sites is 1. The topological polar surface area (TPSA) is 132 Å². The Bertz CT molecular complexity index is 2210. The third kappa shape index (κ3) is 7.51. The van der Waals surface area contributed by atoms with Crippen molar-refractivity contribution in [2.45, 2.75) is 83.9 Å². The van der Waals surface area contributed by atoms with Gasteiger partial charge in [0.1, 0.15) is 29.1 Å². The van der Waals surface area contributed by atoms with E-state index in [0.29, 0.717) is 47.0 Å². The van der Waals surface area contributed by atoms with Gasteiger partial charge in [-0.15, -0.1) is 0 Å². The van der Waals surface area contributed by atoms with Crippen LogP contribution in [0.1, 0.15) is 85.8 Å². The largest absolute Gasteiger partial charge is 0.496 e. The maximum absolute atomic E-state index is 15.8. The molecule has 0 fully saturated rings. The van der Waals surface area contributed by atoms with Crippen LogP contribution in [0.4, 0.5) is 10.5 Å². The van der Waals surface area contributed by atoms with Gasteiger partial charge in [-0.3, -0.25) is 9.59 Å². The third-order valence-electron chi connectivity index (χ3n) is 10.1. The smallest absolute Gasteiger partial charge is 0.408 e. The summed E-state index contributed by atoms with van der Waals surface area (Å²) in [6.45, 7) is 9.77. The van der Waals surface area contributed by atoms with Crippen LogP contribution in [0.15, 0.2) is 108 Å². The first kappa shape index (κ1) is 38.3. The Labute approximate surface area is 327 Å². The van der Waals surface area contributed by atoms with Crippen LogP contribution in [0, 0.1) is 5.92 Å². The van der Waals surface area contributed by atoms with Gasteiger partial charge in [0.05, 0.1) is 26.9 Å². The van der Waals surface area contributed by atoms with Gasteiger partial charge in [-0.05, 0) is 55.5 Å². The van der Waals surface area contributed by atoms with Crippen LogP contribution in [0.2, 0.25) is 0 Å². The van der Waals surface area contributed by atoms with Crippen LogP contribution >= 0.6 is 0 Å². The number of hydrogen-bond donors (Lipinski definition) is 2. The van der Waals surface area contributed by atoms with Gasteiger partial charge in [-0.1, -0.05) is 105 Å². The lowest BCUT2D eigenvalue weighted by molar-refractivity contribution is -0.124. The number of fused-ring (bicyclic) bond motifs is 8. The summed E-state index contributed by atoms with van der Waals surface area (Å²) in [6.07, 6.45) is -0.643. The Morgan fingerprint density at radius 1 is 0.929 bits per heavy atom. The van der Waals surface area contributed by atoms with Gasteiger partial charge in [0.15, 0.2) is 11.2 Å². The van der Waals surface area contributed by atoms with E-state index in [1.807, 2.05) is 111 Å². The zero-order valence-corrected chi connectivity index (χ0v) is 32.6. The van der Waals surface area contributed by atoms with Crippen LogP contribution in [-0.4, -0.2) is 41.6 Å². The lowest BCUT2D eigenvalue weighted by atomic mass is 9.71. The van der Waals surface area contributed by atoms with Gasteiger partial charge in [-0.2, -0.15) is 0 Å². The Morgan fingerprint density at radius 3 is 2.29 bits per heavy atom. The Kier molecular flexibility index (Phi) is 10.7. The number of hydrogen-bond acceptors (Lipinski definition) is 8. The number of alkyl carbamates (subject to hydrolysis) is 1. The summed E-state index contributed by atoms with van der Waals surface area (Å²) in [5, 5.41) is 5.91. The summed E-state index contributed by atoms with van der Waals surface area (Å²) < 4.78 is 24.9. The molecule has 2 N–H and O–H groups in total. The summed E-state index contributed by atoms with van der Waals surface area (Å²) in [7, 11) is 1.56. The molecule has 4 aromatic carbocycles. The molecule has 0 radical (unpaired) electrons. The highest BCUT2D eigenvalue weighted by atomic mass is 16.6. The maximum Gasteiger partial charge on any atom is 0.408 e. The van der Waals surface area contributed by atoms with E-state index in [-0.39, 0.29) is 36.5 Å². The number of rotatable bonds is 9. The Morgan fingerprint density at radius 2 is 1.61 bits per heavy atom. The number of carbonyl (C=O) groups is 3. The molecule has 3 heterocycles. The van der Waals surface area contributed by atoms with Gasteiger partial charge in [0.25, 0.3) is 5.91 Å². The molecule has 1 spiro atoms. The number of methoxy groups -OCH3 is 1. The van der Waals surface area contributed by atoms with E-state index in [0.717, 1.165) is 11.1 Å². The molecule has 11 heteroatoms. The quantitative estimate of drug-likeness (QED) is 0.158. The second-order valence-electron chi connectivity index (χ2n) is 15.6. The van der Waals surface area contributed by atoms with Crippen molar-refractivity contribution in [3.63, 3.8) is 0 Å². The van der Waals surface area contributed by atoms with Crippen molar-refractivity contribution in [3.05, 3.63) is 148 Å². The number of carbonyl (C=O) groups excluding carboxylic acids is 3. The first-order valence-electron chi connectivity index (χ1n) is 18.9. The van der Waals surface area contributed by atoms with Crippen molar-refractivity contribution < 1.29 is 33.0 Å². The van der Waals surface area contributed by atoms with Crippen molar-refractivity contribution in [2.75, 3.05) is 12.0 Å². The molecule has 7 rings (SSSR count). The fraction of sp³-hybridized carbons (Fsp3) is 0.333. The highest BCUT2D eigenvalue weighted by Crippen LogP contribution is 2.54. The molecular formula is C45H48N4O7. The average Bonchev–Trinajstić information content (AvgIpc) is 3.69. The second-order valence-corrected chi connectivity index (χ2v) is 15.6. The van der Waals surface area contributed by atoms with Crippen molar-refractivity contribution in [1.29, 1.82) is 0 Å². The van der Waals surface area contributed by atoms with E-state index in [1.54, 1.807) is 38.8 Å². The number of benzene rings is 4. The maximum atomic E-state index is 15.8. The minimum Gasteiger partial charge on any atom is -0.496 e. The fourth-order valence-electron chi connectivity index (χ4n) is 7.55. The zero-order valence-electron chi connectivity index (χ0n) is 32.6. The molecule has 4 bridgehead atoms. The molecule has 0 unspecified atom stereocenters. The lowest BCUT2D eigenvalue weighted by Gasteiger charge is -2.31. The number of ether oxygens (including phenoxy) is 3. The van der Waals surface area contributed by atoms with Gasteiger partial charge in [0.2, 0.25) is 11.8 Å². The molecule has 5 aromatic rings. The predicted octanol–water partition coefficient (Wildman–Crippen LogP) is 7.54. The van der Waals surface area contributed by atoms with Crippen LogP contribution in [-0.2, 0) is 50.7 Å². The molecule has 2 aliphatic rings. The minimum absolute atomic E-state index is 0.00714. The molecule has 3 amide bonds. The molecule has 1 aromatic heterocycles. The van der Waals surface area contributed by atoms with Crippen molar-refractivity contribution in [2.24, 2.45) is 5.92 Å². The average molecular weight is 757 g/mol. The molecule has 0 saturated heterocycles. The number of amides is 3. The zero-order chi connectivity index (χ0) is 39.6. The fourth-order valence-corrected chi connectivity index (χ4v) is 7.55. The highest BCUT2D eigenvalue weighted by Gasteiger charge is 2.58. The van der Waals surface area contributed by atoms with Crippen molar-refractivity contribution >= 4 is 23.6 Å². The summed E-state index contributed by atoms with van der Waals surface area (Å²) in [4.78, 5) is 50.0. The summed E-state index contributed by atoms with van der Waals surface area (Å²) >= 11 is 0. The van der Waals surface area contributed by atoms with E-state index in [1.165, 1.54) is 0 Å². The number of nitrogens with one attached hydrogen (secondary N) is 2. The Hall–Kier alpha value is -5.94. The van der Waals surface area contributed by atoms with Crippen LogP contribution in [0.25, 0.3) is 0 Å². The van der Waals surface area contributed by atoms with Crippen LogP contribution in [0.5, 0.6) is 5.75 Å². The van der Waals surface area contributed by atoms with E-state index in [4.69, 9.17) is 23.6 Å². The van der Waals surface area contributed by atoms with Gasteiger partial charge in [0, 0.05) is 23.2 Å².